The molecule has 0 radical (unpaired) electrons. The number of amides is 1. The fraction of sp³-hybridized carbons (Fsp3) is 0.867. The van der Waals surface area contributed by atoms with Gasteiger partial charge in [0.05, 0.1) is 19.3 Å². The van der Waals surface area contributed by atoms with E-state index >= 15 is 0 Å². The number of carboxylic acids is 1. The Kier molecular flexibility index (Phi) is 5.22. The third-order valence-corrected chi connectivity index (χ3v) is 4.93. The molecule has 6 heteroatoms. The zero-order chi connectivity index (χ0) is 15.5. The van der Waals surface area contributed by atoms with Crippen molar-refractivity contribution in [2.24, 2.45) is 17.1 Å². The summed E-state index contributed by atoms with van der Waals surface area (Å²) in [7, 11) is 0. The second-order valence-corrected chi connectivity index (χ2v) is 6.37. The molecule has 1 saturated heterocycles. The molecule has 0 bridgehead atoms. The molecular formula is C15H26N2O4. The third-order valence-electron chi connectivity index (χ3n) is 4.93. The minimum atomic E-state index is -0.886. The van der Waals surface area contributed by atoms with E-state index in [9.17, 15) is 14.7 Å². The second kappa shape index (κ2) is 6.75. The average molecular weight is 298 g/mol. The number of ether oxygens (including phenoxy) is 1. The van der Waals surface area contributed by atoms with E-state index in [1.807, 2.05) is 6.92 Å². The van der Waals surface area contributed by atoms with Crippen LogP contribution in [0.4, 0.5) is 0 Å². The Morgan fingerprint density at radius 3 is 2.57 bits per heavy atom. The summed E-state index contributed by atoms with van der Waals surface area (Å²) < 4.78 is 5.31. The summed E-state index contributed by atoms with van der Waals surface area (Å²) in [6.45, 7) is 3.61. The molecule has 6 nitrogen and oxygen atoms in total. The number of nitrogens with two attached hydrogens (primary N) is 1. The number of hydrogen-bond acceptors (Lipinski definition) is 4. The van der Waals surface area contributed by atoms with Gasteiger partial charge in [-0.1, -0.05) is 13.3 Å². The van der Waals surface area contributed by atoms with Crippen molar-refractivity contribution in [3.8, 4) is 0 Å². The van der Waals surface area contributed by atoms with Crippen LogP contribution in [-0.2, 0) is 14.3 Å². The van der Waals surface area contributed by atoms with Gasteiger partial charge in [0.2, 0.25) is 5.91 Å². The summed E-state index contributed by atoms with van der Waals surface area (Å²) in [6, 6.07) is -0.343. The van der Waals surface area contributed by atoms with Crippen LogP contribution in [0.2, 0.25) is 0 Å². The van der Waals surface area contributed by atoms with E-state index in [0.717, 1.165) is 25.7 Å². The van der Waals surface area contributed by atoms with Crippen molar-refractivity contribution in [2.75, 3.05) is 26.3 Å². The quantitative estimate of drug-likeness (QED) is 0.726. The van der Waals surface area contributed by atoms with Gasteiger partial charge in [0.1, 0.15) is 5.92 Å². The minimum Gasteiger partial charge on any atom is -0.481 e. The van der Waals surface area contributed by atoms with Crippen molar-refractivity contribution in [3.63, 3.8) is 0 Å². The van der Waals surface area contributed by atoms with Crippen LogP contribution in [0.1, 0.15) is 39.0 Å². The maximum absolute atomic E-state index is 12.7. The lowest BCUT2D eigenvalue weighted by Gasteiger charge is -2.42. The van der Waals surface area contributed by atoms with Gasteiger partial charge >= 0.3 is 5.97 Å². The highest BCUT2D eigenvalue weighted by Gasteiger charge is 2.43. The molecule has 1 saturated carbocycles. The van der Waals surface area contributed by atoms with Crippen LogP contribution in [0.25, 0.3) is 0 Å². The highest BCUT2D eigenvalue weighted by atomic mass is 16.5. The molecule has 1 amide bonds. The monoisotopic (exact) mass is 298 g/mol. The Bertz CT molecular complexity index is 390. The van der Waals surface area contributed by atoms with Gasteiger partial charge in [0.25, 0.3) is 0 Å². The summed E-state index contributed by atoms with van der Waals surface area (Å²) in [5, 5.41) is 9.28. The van der Waals surface area contributed by atoms with Crippen molar-refractivity contribution in [3.05, 3.63) is 0 Å². The minimum absolute atomic E-state index is 0.0313. The SMILES string of the molecule is CCCN(C(=O)CC1(CN)CCC1)C1COCC1C(=O)O. The first-order valence-corrected chi connectivity index (χ1v) is 7.83. The first-order chi connectivity index (χ1) is 10.0. The number of carbonyl (C=O) groups is 2. The van der Waals surface area contributed by atoms with Crippen LogP contribution in [0.3, 0.4) is 0 Å². The predicted octanol–water partition coefficient (Wildman–Crippen LogP) is 0.844. The first kappa shape index (κ1) is 16.2. The van der Waals surface area contributed by atoms with Gasteiger partial charge in [-0.15, -0.1) is 0 Å². The summed E-state index contributed by atoms with van der Waals surface area (Å²) >= 11 is 0. The summed E-state index contributed by atoms with van der Waals surface area (Å²) in [5.41, 5.74) is 5.78. The van der Waals surface area contributed by atoms with E-state index in [4.69, 9.17) is 10.5 Å². The standard InChI is InChI=1S/C15H26N2O4/c1-2-6-17(12-9-21-8-11(12)14(19)20)13(18)7-15(10-16)4-3-5-15/h11-12H,2-10,16H2,1H3,(H,19,20). The predicted molar refractivity (Wildman–Crippen MR) is 77.7 cm³/mol. The van der Waals surface area contributed by atoms with Crippen LogP contribution < -0.4 is 5.73 Å². The molecule has 2 atom stereocenters. The zero-order valence-electron chi connectivity index (χ0n) is 12.7. The first-order valence-electron chi connectivity index (χ1n) is 7.83. The second-order valence-electron chi connectivity index (χ2n) is 6.37. The van der Waals surface area contributed by atoms with Gasteiger partial charge in [0.15, 0.2) is 0 Å². The van der Waals surface area contributed by atoms with E-state index in [2.05, 4.69) is 0 Å². The fourth-order valence-corrected chi connectivity index (χ4v) is 3.35. The topological polar surface area (TPSA) is 92.9 Å². The smallest absolute Gasteiger partial charge is 0.311 e. The summed E-state index contributed by atoms with van der Waals surface area (Å²) in [6.07, 6.45) is 4.37. The Morgan fingerprint density at radius 1 is 1.38 bits per heavy atom. The van der Waals surface area contributed by atoms with Crippen molar-refractivity contribution in [1.29, 1.82) is 0 Å². The summed E-state index contributed by atoms with van der Waals surface area (Å²) in [4.78, 5) is 25.7. The number of carboxylic acid groups (broad SMARTS) is 1. The number of carbonyl (C=O) groups excluding carboxylic acids is 1. The normalized spacial score (nSPS) is 27.1. The van der Waals surface area contributed by atoms with Gasteiger partial charge in [-0.3, -0.25) is 9.59 Å². The summed E-state index contributed by atoms with van der Waals surface area (Å²) in [5.74, 6) is -1.47. The molecule has 2 fully saturated rings. The van der Waals surface area contributed by atoms with Crippen LogP contribution in [-0.4, -0.2) is 54.2 Å². The van der Waals surface area contributed by atoms with Gasteiger partial charge in [-0.05, 0) is 31.2 Å². The maximum Gasteiger partial charge on any atom is 0.311 e. The Morgan fingerprint density at radius 2 is 2.10 bits per heavy atom. The van der Waals surface area contributed by atoms with Gasteiger partial charge in [-0.2, -0.15) is 0 Å². The lowest BCUT2D eigenvalue weighted by Crippen LogP contribution is -2.50. The lowest BCUT2D eigenvalue weighted by atomic mass is 9.66. The van der Waals surface area contributed by atoms with Crippen LogP contribution >= 0.6 is 0 Å². The van der Waals surface area contributed by atoms with Crippen molar-refractivity contribution < 1.29 is 19.4 Å². The van der Waals surface area contributed by atoms with Crippen molar-refractivity contribution in [1.82, 2.24) is 4.90 Å². The molecule has 0 aromatic rings. The molecule has 1 aliphatic heterocycles. The molecule has 0 aromatic carbocycles. The number of nitrogens with zero attached hydrogens (tertiary/aromatic N) is 1. The van der Waals surface area contributed by atoms with E-state index in [0.29, 0.717) is 26.1 Å². The van der Waals surface area contributed by atoms with E-state index in [-0.39, 0.29) is 24.0 Å². The molecule has 0 spiro atoms. The molecule has 21 heavy (non-hydrogen) atoms. The number of hydrogen-bond donors (Lipinski definition) is 2. The molecule has 120 valence electrons. The van der Waals surface area contributed by atoms with E-state index in [1.54, 1.807) is 4.90 Å². The molecule has 2 rings (SSSR count). The van der Waals surface area contributed by atoms with Crippen LogP contribution in [0, 0.1) is 11.3 Å². The van der Waals surface area contributed by atoms with Crippen LogP contribution in [0.15, 0.2) is 0 Å². The molecule has 2 unspecified atom stereocenters. The molecular weight excluding hydrogens is 272 g/mol. The molecule has 0 aromatic heterocycles. The number of aliphatic carboxylic acids is 1. The highest BCUT2D eigenvalue weighted by molar-refractivity contribution is 5.79. The van der Waals surface area contributed by atoms with Gasteiger partial charge < -0.3 is 20.5 Å². The van der Waals surface area contributed by atoms with Gasteiger partial charge in [0, 0.05) is 13.0 Å². The molecule has 3 N–H and O–H groups in total. The van der Waals surface area contributed by atoms with E-state index in [1.165, 1.54) is 0 Å². The number of rotatable bonds is 7. The Balaban J connectivity index is 2.07. The largest absolute Gasteiger partial charge is 0.481 e. The average Bonchev–Trinajstić information content (AvgIpc) is 2.89. The molecule has 1 heterocycles. The van der Waals surface area contributed by atoms with E-state index < -0.39 is 11.9 Å². The van der Waals surface area contributed by atoms with Crippen molar-refractivity contribution in [2.45, 2.75) is 45.1 Å². The molecule has 2 aliphatic rings. The third kappa shape index (κ3) is 3.37. The zero-order valence-corrected chi connectivity index (χ0v) is 12.7. The van der Waals surface area contributed by atoms with Crippen LogP contribution in [0.5, 0.6) is 0 Å². The fourth-order valence-electron chi connectivity index (χ4n) is 3.35. The van der Waals surface area contributed by atoms with Gasteiger partial charge in [-0.25, -0.2) is 0 Å². The van der Waals surface area contributed by atoms with Crippen molar-refractivity contribution >= 4 is 11.9 Å². The maximum atomic E-state index is 12.7. The highest BCUT2D eigenvalue weighted by Crippen LogP contribution is 2.43. The Labute approximate surface area is 125 Å². The molecule has 1 aliphatic carbocycles. The Hall–Kier alpha value is -1.14. The lowest BCUT2D eigenvalue weighted by molar-refractivity contribution is -0.146.